The van der Waals surface area contributed by atoms with E-state index in [9.17, 15) is 4.79 Å². The maximum atomic E-state index is 12.2. The number of fused-ring (bicyclic) bond motifs is 1. The van der Waals surface area contributed by atoms with Gasteiger partial charge in [0.2, 0.25) is 5.90 Å². The first kappa shape index (κ1) is 19.1. The number of aliphatic imine (C=N–C) groups is 1. The highest BCUT2D eigenvalue weighted by Gasteiger charge is 2.25. The van der Waals surface area contributed by atoms with E-state index in [0.717, 1.165) is 35.8 Å². The molecule has 5 heteroatoms. The average molecular weight is 365 g/mol. The van der Waals surface area contributed by atoms with Crippen molar-refractivity contribution in [2.45, 2.75) is 25.7 Å². The van der Waals surface area contributed by atoms with Crippen LogP contribution in [0.1, 0.15) is 31.2 Å². The van der Waals surface area contributed by atoms with Gasteiger partial charge in [0.25, 0.3) is 0 Å². The lowest BCUT2D eigenvalue weighted by atomic mass is 10.0. The summed E-state index contributed by atoms with van der Waals surface area (Å²) in [5, 5.41) is 5.29. The molecule has 1 aliphatic rings. The van der Waals surface area contributed by atoms with Gasteiger partial charge in [-0.05, 0) is 43.3 Å². The largest absolute Gasteiger partial charge is 0.402 e. The fourth-order valence-corrected chi connectivity index (χ4v) is 3.22. The van der Waals surface area contributed by atoms with Gasteiger partial charge in [0.05, 0.1) is 0 Å². The molecular formula is C22H27N3O2. The monoisotopic (exact) mass is 365 g/mol. The van der Waals surface area contributed by atoms with Crippen molar-refractivity contribution < 1.29 is 9.53 Å². The molecule has 0 saturated heterocycles. The van der Waals surface area contributed by atoms with Crippen molar-refractivity contribution in [1.82, 2.24) is 10.2 Å². The van der Waals surface area contributed by atoms with E-state index in [2.05, 4.69) is 10.3 Å². The van der Waals surface area contributed by atoms with E-state index in [1.807, 2.05) is 61.5 Å². The van der Waals surface area contributed by atoms with Crippen LogP contribution in [-0.4, -0.2) is 44.0 Å². The molecular weight excluding hydrogens is 338 g/mol. The molecule has 0 amide bonds. The Morgan fingerprint density at radius 1 is 1.07 bits per heavy atom. The molecule has 142 valence electrons. The fourth-order valence-electron chi connectivity index (χ4n) is 3.22. The molecule has 0 radical (unpaired) electrons. The van der Waals surface area contributed by atoms with Crippen LogP contribution in [0.3, 0.4) is 0 Å². The van der Waals surface area contributed by atoms with Crippen LogP contribution in [0.25, 0.3) is 10.8 Å². The topological polar surface area (TPSA) is 53.9 Å². The third-order valence-electron chi connectivity index (χ3n) is 4.67. The first-order chi connectivity index (χ1) is 13.2. The van der Waals surface area contributed by atoms with Crippen LogP contribution in [0, 0.1) is 0 Å². The summed E-state index contributed by atoms with van der Waals surface area (Å²) in [7, 11) is 3.95. The number of hydrogen-bond donors (Lipinski definition) is 1. The molecule has 1 heterocycles. The highest BCUT2D eigenvalue weighted by molar-refractivity contribution is 6.16. The summed E-state index contributed by atoms with van der Waals surface area (Å²) in [5.74, 6) is -0.0117. The number of carbonyl (C=O) groups is 1. The normalized spacial score (nSPS) is 15.3. The SMILES string of the molecule is CNCCCCCCN(C)C=C1N=C(c2cccc3ccccc23)OC1=O. The minimum absolute atomic E-state index is 0.357. The smallest absolute Gasteiger partial charge is 0.365 e. The summed E-state index contributed by atoms with van der Waals surface area (Å²) in [6.07, 6.45) is 6.49. The Balaban J connectivity index is 1.66. The molecule has 0 atom stereocenters. The molecule has 1 aliphatic heterocycles. The summed E-state index contributed by atoms with van der Waals surface area (Å²) in [6.45, 7) is 1.97. The van der Waals surface area contributed by atoms with E-state index in [-0.39, 0.29) is 5.97 Å². The van der Waals surface area contributed by atoms with E-state index in [1.54, 1.807) is 6.20 Å². The van der Waals surface area contributed by atoms with Gasteiger partial charge in [-0.15, -0.1) is 0 Å². The number of unbranched alkanes of at least 4 members (excludes halogenated alkanes) is 3. The van der Waals surface area contributed by atoms with Crippen LogP contribution in [0.2, 0.25) is 0 Å². The first-order valence-corrected chi connectivity index (χ1v) is 9.54. The second-order valence-corrected chi connectivity index (χ2v) is 6.85. The van der Waals surface area contributed by atoms with Crippen molar-refractivity contribution in [2.75, 3.05) is 27.2 Å². The Labute approximate surface area is 160 Å². The number of rotatable bonds is 9. The number of nitrogens with one attached hydrogen (secondary N) is 1. The van der Waals surface area contributed by atoms with Gasteiger partial charge in [-0.2, -0.15) is 0 Å². The number of nitrogens with zero attached hydrogens (tertiary/aromatic N) is 2. The molecule has 0 bridgehead atoms. The van der Waals surface area contributed by atoms with Crippen molar-refractivity contribution in [2.24, 2.45) is 4.99 Å². The van der Waals surface area contributed by atoms with E-state index < -0.39 is 0 Å². The lowest BCUT2D eigenvalue weighted by Gasteiger charge is -2.13. The van der Waals surface area contributed by atoms with Crippen molar-refractivity contribution in [3.8, 4) is 0 Å². The third-order valence-corrected chi connectivity index (χ3v) is 4.67. The van der Waals surface area contributed by atoms with Gasteiger partial charge in [0, 0.05) is 25.4 Å². The molecule has 2 aromatic rings. The van der Waals surface area contributed by atoms with Gasteiger partial charge >= 0.3 is 5.97 Å². The molecule has 1 N–H and O–H groups in total. The molecule has 0 fully saturated rings. The standard InChI is InChI=1S/C22H27N3O2/c1-23-14-7-3-4-8-15-25(2)16-20-22(26)27-21(24-20)19-13-9-11-17-10-5-6-12-18(17)19/h5-6,9-13,16,23H,3-4,7-8,14-15H2,1-2H3. The lowest BCUT2D eigenvalue weighted by Crippen LogP contribution is -2.14. The molecule has 0 spiro atoms. The molecule has 0 aliphatic carbocycles. The van der Waals surface area contributed by atoms with Gasteiger partial charge in [-0.1, -0.05) is 49.2 Å². The number of benzene rings is 2. The Hall–Kier alpha value is -2.66. The van der Waals surface area contributed by atoms with Crippen LogP contribution in [0.5, 0.6) is 0 Å². The lowest BCUT2D eigenvalue weighted by molar-refractivity contribution is -0.130. The molecule has 5 nitrogen and oxygen atoms in total. The summed E-state index contributed by atoms with van der Waals surface area (Å²) < 4.78 is 5.45. The van der Waals surface area contributed by atoms with Crippen molar-refractivity contribution >= 4 is 22.6 Å². The number of carbonyl (C=O) groups excluding carboxylic acids is 1. The van der Waals surface area contributed by atoms with Gasteiger partial charge < -0.3 is 15.0 Å². The third kappa shape index (κ3) is 4.95. The second kappa shape index (κ2) is 9.33. The van der Waals surface area contributed by atoms with Gasteiger partial charge in [-0.3, -0.25) is 0 Å². The maximum Gasteiger partial charge on any atom is 0.365 e. The zero-order valence-electron chi connectivity index (χ0n) is 16.1. The summed E-state index contributed by atoms with van der Waals surface area (Å²) in [4.78, 5) is 18.7. The predicted molar refractivity (Wildman–Crippen MR) is 110 cm³/mol. The molecule has 2 aromatic carbocycles. The molecule has 0 saturated carbocycles. The summed E-state index contributed by atoms with van der Waals surface area (Å²) >= 11 is 0. The average Bonchev–Trinajstić information content (AvgIpc) is 3.04. The highest BCUT2D eigenvalue weighted by Crippen LogP contribution is 2.24. The van der Waals surface area contributed by atoms with Crippen LogP contribution in [0.15, 0.2) is 59.4 Å². The van der Waals surface area contributed by atoms with Crippen LogP contribution >= 0.6 is 0 Å². The van der Waals surface area contributed by atoms with Crippen LogP contribution in [0.4, 0.5) is 0 Å². The quantitative estimate of drug-likeness (QED) is 0.418. The van der Waals surface area contributed by atoms with Gasteiger partial charge in [0.15, 0.2) is 5.70 Å². The maximum absolute atomic E-state index is 12.2. The van der Waals surface area contributed by atoms with Crippen LogP contribution in [-0.2, 0) is 9.53 Å². The Morgan fingerprint density at radius 3 is 2.70 bits per heavy atom. The Kier molecular flexibility index (Phi) is 6.60. The van der Waals surface area contributed by atoms with E-state index in [1.165, 1.54) is 19.3 Å². The Morgan fingerprint density at radius 2 is 1.85 bits per heavy atom. The minimum Gasteiger partial charge on any atom is -0.402 e. The fraction of sp³-hybridized carbons (Fsp3) is 0.364. The van der Waals surface area contributed by atoms with Crippen molar-refractivity contribution in [3.63, 3.8) is 0 Å². The van der Waals surface area contributed by atoms with Gasteiger partial charge in [-0.25, -0.2) is 9.79 Å². The van der Waals surface area contributed by atoms with E-state index in [4.69, 9.17) is 4.74 Å². The second-order valence-electron chi connectivity index (χ2n) is 6.85. The molecule has 3 rings (SSSR count). The molecule has 0 unspecified atom stereocenters. The summed E-state index contributed by atoms with van der Waals surface area (Å²) in [6, 6.07) is 14.0. The zero-order valence-corrected chi connectivity index (χ0v) is 16.1. The minimum atomic E-state index is -0.390. The molecule has 0 aromatic heterocycles. The summed E-state index contributed by atoms with van der Waals surface area (Å²) in [5.41, 5.74) is 1.20. The van der Waals surface area contributed by atoms with Gasteiger partial charge in [0.1, 0.15) is 0 Å². The van der Waals surface area contributed by atoms with Crippen molar-refractivity contribution in [1.29, 1.82) is 0 Å². The van der Waals surface area contributed by atoms with Crippen LogP contribution < -0.4 is 5.32 Å². The van der Waals surface area contributed by atoms with E-state index in [0.29, 0.717) is 11.6 Å². The predicted octanol–water partition coefficient (Wildman–Crippen LogP) is 3.70. The Bertz CT molecular complexity index is 852. The van der Waals surface area contributed by atoms with E-state index >= 15 is 0 Å². The molecule has 27 heavy (non-hydrogen) atoms. The number of hydrogen-bond acceptors (Lipinski definition) is 5. The zero-order chi connectivity index (χ0) is 19.1. The number of cyclic esters (lactones) is 1. The number of ether oxygens (including phenoxy) is 1. The van der Waals surface area contributed by atoms with Crippen molar-refractivity contribution in [3.05, 3.63) is 59.9 Å². The first-order valence-electron chi connectivity index (χ1n) is 9.54. The number of esters is 1. The highest BCUT2D eigenvalue weighted by atomic mass is 16.6.